The average molecular weight is 272 g/mol. The van der Waals surface area contributed by atoms with Gasteiger partial charge in [0.25, 0.3) is 0 Å². The maximum Gasteiger partial charge on any atom is 0.129 e. The second-order valence-electron chi connectivity index (χ2n) is 4.51. The number of hydrogen-bond acceptors (Lipinski definition) is 2. The van der Waals surface area contributed by atoms with Gasteiger partial charge in [-0.15, -0.1) is 0 Å². The highest BCUT2D eigenvalue weighted by Gasteiger charge is 2.05. The molecule has 104 valence electrons. The van der Waals surface area contributed by atoms with Crippen molar-refractivity contribution in [3.05, 3.63) is 71.0 Å². The minimum atomic E-state index is -0.391. The van der Waals surface area contributed by atoms with Crippen LogP contribution < -0.4 is 5.73 Å². The lowest BCUT2D eigenvalue weighted by molar-refractivity contribution is 0.121. The Balaban J connectivity index is 1.84. The van der Waals surface area contributed by atoms with Gasteiger partial charge in [0.15, 0.2) is 0 Å². The molecule has 0 aliphatic rings. The largest absolute Gasteiger partial charge is 0.384 e. The smallest absolute Gasteiger partial charge is 0.129 e. The highest BCUT2D eigenvalue weighted by atomic mass is 19.1. The van der Waals surface area contributed by atoms with Gasteiger partial charge in [-0.2, -0.15) is 0 Å². The third-order valence-electron chi connectivity index (χ3n) is 3.00. The molecule has 0 aliphatic heterocycles. The van der Waals surface area contributed by atoms with Crippen molar-refractivity contribution < 1.29 is 9.13 Å². The van der Waals surface area contributed by atoms with Crippen molar-refractivity contribution in [1.82, 2.24) is 0 Å². The highest BCUT2D eigenvalue weighted by molar-refractivity contribution is 5.94. The maximum atomic E-state index is 13.7. The van der Waals surface area contributed by atoms with Crippen molar-refractivity contribution in [3.8, 4) is 0 Å². The van der Waals surface area contributed by atoms with Gasteiger partial charge in [0, 0.05) is 11.1 Å². The molecule has 2 aromatic rings. The molecule has 0 fully saturated rings. The molecule has 3 N–H and O–H groups in total. The molecule has 4 heteroatoms. The first kappa shape index (κ1) is 14.2. The number of amidine groups is 1. The van der Waals surface area contributed by atoms with Crippen LogP contribution >= 0.6 is 0 Å². The van der Waals surface area contributed by atoms with Gasteiger partial charge in [-0.3, -0.25) is 5.41 Å². The van der Waals surface area contributed by atoms with Gasteiger partial charge in [0.2, 0.25) is 0 Å². The third-order valence-corrected chi connectivity index (χ3v) is 3.00. The Kier molecular flexibility index (Phi) is 4.85. The lowest BCUT2D eigenvalue weighted by atomic mass is 10.1. The molecular weight excluding hydrogens is 255 g/mol. The molecule has 0 atom stereocenters. The zero-order valence-corrected chi connectivity index (χ0v) is 11.1. The van der Waals surface area contributed by atoms with Gasteiger partial charge < -0.3 is 10.5 Å². The number of nitrogens with two attached hydrogens (primary N) is 1. The van der Waals surface area contributed by atoms with E-state index in [0.29, 0.717) is 17.7 Å². The second kappa shape index (κ2) is 6.82. The zero-order valence-electron chi connectivity index (χ0n) is 11.1. The average Bonchev–Trinajstić information content (AvgIpc) is 2.46. The van der Waals surface area contributed by atoms with Gasteiger partial charge in [-0.05, 0) is 18.1 Å². The predicted octanol–water partition coefficient (Wildman–Crippen LogP) is 2.87. The quantitative estimate of drug-likeness (QED) is 0.482. The maximum absolute atomic E-state index is 13.7. The number of ether oxygens (including phenoxy) is 1. The van der Waals surface area contributed by atoms with Crippen molar-refractivity contribution in [3.63, 3.8) is 0 Å². The van der Waals surface area contributed by atoms with Crippen LogP contribution in [0.4, 0.5) is 4.39 Å². The lowest BCUT2D eigenvalue weighted by Crippen LogP contribution is -2.11. The van der Waals surface area contributed by atoms with Crippen molar-refractivity contribution in [2.24, 2.45) is 5.73 Å². The summed E-state index contributed by atoms with van der Waals surface area (Å²) in [5.41, 5.74) is 7.36. The second-order valence-corrected chi connectivity index (χ2v) is 4.51. The molecule has 0 amide bonds. The van der Waals surface area contributed by atoms with E-state index in [4.69, 9.17) is 15.9 Å². The Labute approximate surface area is 117 Å². The van der Waals surface area contributed by atoms with Crippen LogP contribution in [0.1, 0.15) is 16.7 Å². The minimum absolute atomic E-state index is 0.138. The summed E-state index contributed by atoms with van der Waals surface area (Å²) in [4.78, 5) is 0. The predicted molar refractivity (Wildman–Crippen MR) is 77.2 cm³/mol. The first-order chi connectivity index (χ1) is 9.66. The summed E-state index contributed by atoms with van der Waals surface area (Å²) < 4.78 is 19.2. The van der Waals surface area contributed by atoms with Crippen molar-refractivity contribution >= 4 is 5.84 Å². The first-order valence-electron chi connectivity index (χ1n) is 6.41. The molecule has 0 aromatic heterocycles. The fraction of sp³-hybridized carbons (Fsp3) is 0.188. The fourth-order valence-corrected chi connectivity index (χ4v) is 1.85. The molecule has 2 aromatic carbocycles. The summed E-state index contributed by atoms with van der Waals surface area (Å²) in [5, 5.41) is 7.25. The normalized spacial score (nSPS) is 10.4. The van der Waals surface area contributed by atoms with Crippen LogP contribution in [0.15, 0.2) is 48.5 Å². The van der Waals surface area contributed by atoms with Crippen LogP contribution in [0.3, 0.4) is 0 Å². The van der Waals surface area contributed by atoms with Crippen LogP contribution in [-0.2, 0) is 17.8 Å². The summed E-state index contributed by atoms with van der Waals surface area (Å²) in [7, 11) is 0. The van der Waals surface area contributed by atoms with E-state index >= 15 is 0 Å². The molecule has 0 saturated carbocycles. The number of hydrogen-bond donors (Lipinski definition) is 2. The third kappa shape index (κ3) is 3.90. The van der Waals surface area contributed by atoms with E-state index in [2.05, 4.69) is 0 Å². The number of nitrogen functional groups attached to an aromatic ring is 1. The molecule has 0 heterocycles. The molecule has 2 rings (SSSR count). The van der Waals surface area contributed by atoms with Crippen molar-refractivity contribution in [2.45, 2.75) is 13.0 Å². The van der Waals surface area contributed by atoms with E-state index in [-0.39, 0.29) is 12.4 Å². The van der Waals surface area contributed by atoms with E-state index < -0.39 is 5.82 Å². The van der Waals surface area contributed by atoms with Crippen molar-refractivity contribution in [2.75, 3.05) is 6.61 Å². The molecule has 0 aliphatic carbocycles. The molecule has 3 nitrogen and oxygen atoms in total. The van der Waals surface area contributed by atoms with Crippen LogP contribution in [0.5, 0.6) is 0 Å². The molecule has 20 heavy (non-hydrogen) atoms. The van der Waals surface area contributed by atoms with E-state index in [1.165, 1.54) is 11.6 Å². The van der Waals surface area contributed by atoms with Crippen LogP contribution in [0.25, 0.3) is 0 Å². The molecule has 0 bridgehead atoms. The van der Waals surface area contributed by atoms with E-state index in [1.54, 1.807) is 12.1 Å². The monoisotopic (exact) mass is 272 g/mol. The van der Waals surface area contributed by atoms with E-state index in [0.717, 1.165) is 6.42 Å². The number of benzene rings is 2. The van der Waals surface area contributed by atoms with Gasteiger partial charge in [-0.25, -0.2) is 4.39 Å². The van der Waals surface area contributed by atoms with Gasteiger partial charge in [0.1, 0.15) is 11.7 Å². The number of rotatable bonds is 6. The van der Waals surface area contributed by atoms with E-state index in [9.17, 15) is 4.39 Å². The Hall–Kier alpha value is -2.20. The van der Waals surface area contributed by atoms with Crippen LogP contribution in [-0.4, -0.2) is 12.4 Å². The summed E-state index contributed by atoms with van der Waals surface area (Å²) >= 11 is 0. The van der Waals surface area contributed by atoms with Crippen LogP contribution in [0, 0.1) is 11.2 Å². The molecular formula is C16H17FN2O. The number of nitrogens with one attached hydrogen (secondary N) is 1. The Bertz CT molecular complexity index is 584. The van der Waals surface area contributed by atoms with E-state index in [1.807, 2.05) is 30.3 Å². The van der Waals surface area contributed by atoms with Gasteiger partial charge in [0.05, 0.1) is 13.2 Å². The summed E-state index contributed by atoms with van der Waals surface area (Å²) in [6.45, 7) is 0.759. The Morgan fingerprint density at radius 1 is 1.15 bits per heavy atom. The van der Waals surface area contributed by atoms with Gasteiger partial charge >= 0.3 is 0 Å². The molecule has 0 radical (unpaired) electrons. The fourth-order valence-electron chi connectivity index (χ4n) is 1.85. The standard InChI is InChI=1S/C16H17FN2O/c17-15-10-13(16(18)19)6-7-14(15)11-20-9-8-12-4-2-1-3-5-12/h1-7,10H,8-9,11H2,(H3,18,19). The van der Waals surface area contributed by atoms with Gasteiger partial charge in [-0.1, -0.05) is 42.5 Å². The SMILES string of the molecule is N=C(N)c1ccc(COCCc2ccccc2)c(F)c1. The summed E-state index contributed by atoms with van der Waals surface area (Å²) in [6, 6.07) is 14.5. The summed E-state index contributed by atoms with van der Waals surface area (Å²) in [5.74, 6) is -0.530. The molecule has 0 spiro atoms. The zero-order chi connectivity index (χ0) is 14.4. The Morgan fingerprint density at radius 2 is 1.90 bits per heavy atom. The first-order valence-corrected chi connectivity index (χ1v) is 6.41. The van der Waals surface area contributed by atoms with Crippen LogP contribution in [0.2, 0.25) is 0 Å². The highest BCUT2D eigenvalue weighted by Crippen LogP contribution is 2.11. The lowest BCUT2D eigenvalue weighted by Gasteiger charge is -2.07. The number of halogens is 1. The summed E-state index contributed by atoms with van der Waals surface area (Å²) in [6.07, 6.45) is 0.800. The molecule has 0 unspecified atom stereocenters. The molecule has 0 saturated heterocycles. The minimum Gasteiger partial charge on any atom is -0.384 e. The topological polar surface area (TPSA) is 59.1 Å². The Morgan fingerprint density at radius 3 is 2.55 bits per heavy atom. The van der Waals surface area contributed by atoms with Crippen molar-refractivity contribution in [1.29, 1.82) is 5.41 Å².